The van der Waals surface area contributed by atoms with Crippen molar-refractivity contribution in [3.8, 4) is 5.75 Å². The summed E-state index contributed by atoms with van der Waals surface area (Å²) in [6.07, 6.45) is -4.63. The lowest BCUT2D eigenvalue weighted by Crippen LogP contribution is -2.28. The average molecular weight is 371 g/mol. The van der Waals surface area contributed by atoms with E-state index in [9.17, 15) is 18.0 Å². The third-order valence-corrected chi connectivity index (χ3v) is 4.27. The van der Waals surface area contributed by atoms with Gasteiger partial charge in [-0.15, -0.1) is 0 Å². The number of likely N-dealkylation sites (N-methyl/N-ethyl adjacent to an activating group) is 1. The topological polar surface area (TPSA) is 41.6 Å². The molecule has 0 fully saturated rings. The van der Waals surface area contributed by atoms with E-state index in [2.05, 4.69) is 5.32 Å². The van der Waals surface area contributed by atoms with Crippen LogP contribution < -0.4 is 15.0 Å². The molecule has 132 valence electrons. The maximum atomic E-state index is 12.9. The molecule has 4 nitrogen and oxygen atoms in total. The lowest BCUT2D eigenvalue weighted by atomic mass is 10.1. The second-order valence-corrected chi connectivity index (χ2v) is 5.95. The third-order valence-electron chi connectivity index (χ3n) is 3.86. The van der Waals surface area contributed by atoms with Crippen LogP contribution in [0, 0.1) is 0 Å². The molecule has 0 unspecified atom stereocenters. The summed E-state index contributed by atoms with van der Waals surface area (Å²) in [5.41, 5.74) is -0.0482. The molecule has 1 aliphatic rings. The van der Waals surface area contributed by atoms with E-state index in [0.717, 1.165) is 17.8 Å². The summed E-state index contributed by atoms with van der Waals surface area (Å²) in [7, 11) is 1.89. The zero-order chi connectivity index (χ0) is 18.2. The minimum absolute atomic E-state index is 0.237. The Morgan fingerprint density at radius 2 is 2.04 bits per heavy atom. The van der Waals surface area contributed by atoms with Crippen molar-refractivity contribution < 1.29 is 22.7 Å². The molecule has 1 amide bonds. The van der Waals surface area contributed by atoms with Crippen LogP contribution in [0.2, 0.25) is 5.02 Å². The van der Waals surface area contributed by atoms with Crippen molar-refractivity contribution in [3.05, 3.63) is 52.5 Å². The molecule has 8 heteroatoms. The number of hydrogen-bond donors (Lipinski definition) is 1. The van der Waals surface area contributed by atoms with E-state index in [4.69, 9.17) is 16.3 Å². The van der Waals surface area contributed by atoms with E-state index in [1.165, 1.54) is 6.07 Å². The molecule has 0 radical (unpaired) electrons. The SMILES string of the molecule is CN1CCOc2ccc(NC(=O)c3cccc(C(F)(F)F)c3Cl)cc21. The van der Waals surface area contributed by atoms with Crippen molar-refractivity contribution in [2.75, 3.05) is 30.4 Å². The van der Waals surface area contributed by atoms with Gasteiger partial charge in [0, 0.05) is 12.7 Å². The molecule has 0 aromatic heterocycles. The molecule has 3 rings (SSSR count). The Morgan fingerprint density at radius 1 is 1.28 bits per heavy atom. The van der Waals surface area contributed by atoms with E-state index in [1.54, 1.807) is 18.2 Å². The summed E-state index contributed by atoms with van der Waals surface area (Å²) < 4.78 is 44.3. The van der Waals surface area contributed by atoms with Gasteiger partial charge in [-0.25, -0.2) is 0 Å². The van der Waals surface area contributed by atoms with E-state index < -0.39 is 22.7 Å². The second-order valence-electron chi connectivity index (χ2n) is 5.57. The Hall–Kier alpha value is -2.41. The Kier molecular flexibility index (Phi) is 4.51. The molecule has 1 N–H and O–H groups in total. The van der Waals surface area contributed by atoms with Crippen LogP contribution >= 0.6 is 11.6 Å². The molecule has 0 aliphatic carbocycles. The van der Waals surface area contributed by atoms with Gasteiger partial charge in [-0.05, 0) is 30.3 Å². The molecular weight excluding hydrogens is 357 g/mol. The Bertz CT molecular complexity index is 824. The van der Waals surface area contributed by atoms with Crippen LogP contribution in [0.15, 0.2) is 36.4 Å². The Morgan fingerprint density at radius 3 is 2.76 bits per heavy atom. The summed E-state index contributed by atoms with van der Waals surface area (Å²) in [6, 6.07) is 8.27. The van der Waals surface area contributed by atoms with E-state index in [0.29, 0.717) is 24.6 Å². The van der Waals surface area contributed by atoms with Gasteiger partial charge in [0.15, 0.2) is 0 Å². The molecule has 0 spiro atoms. The lowest BCUT2D eigenvalue weighted by molar-refractivity contribution is -0.137. The Balaban J connectivity index is 1.87. The molecule has 0 atom stereocenters. The fraction of sp³-hybridized carbons (Fsp3) is 0.235. The summed E-state index contributed by atoms with van der Waals surface area (Å²) >= 11 is 5.78. The monoisotopic (exact) mass is 370 g/mol. The van der Waals surface area contributed by atoms with Gasteiger partial charge in [0.25, 0.3) is 5.91 Å². The molecule has 1 heterocycles. The van der Waals surface area contributed by atoms with Crippen LogP contribution in [0.5, 0.6) is 5.75 Å². The first-order chi connectivity index (χ1) is 11.8. The summed E-state index contributed by atoms with van der Waals surface area (Å²) in [5.74, 6) is -0.0284. The lowest BCUT2D eigenvalue weighted by Gasteiger charge is -2.28. The highest BCUT2D eigenvalue weighted by Crippen LogP contribution is 2.37. The van der Waals surface area contributed by atoms with Gasteiger partial charge in [0.05, 0.1) is 28.4 Å². The van der Waals surface area contributed by atoms with Crippen LogP contribution in [0.1, 0.15) is 15.9 Å². The fourth-order valence-corrected chi connectivity index (χ4v) is 2.87. The van der Waals surface area contributed by atoms with Gasteiger partial charge in [0.2, 0.25) is 0 Å². The van der Waals surface area contributed by atoms with Gasteiger partial charge in [-0.2, -0.15) is 13.2 Å². The molecule has 2 aromatic rings. The number of nitrogens with one attached hydrogen (secondary N) is 1. The number of nitrogens with zero attached hydrogens (tertiary/aromatic N) is 1. The minimum atomic E-state index is -4.63. The average Bonchev–Trinajstić information content (AvgIpc) is 2.54. The highest BCUT2D eigenvalue weighted by atomic mass is 35.5. The van der Waals surface area contributed by atoms with Crippen LogP contribution in [-0.2, 0) is 6.18 Å². The van der Waals surface area contributed by atoms with Gasteiger partial charge in [-0.3, -0.25) is 4.79 Å². The summed E-state index contributed by atoms with van der Waals surface area (Å²) in [5, 5.41) is 1.96. The first kappa shape index (κ1) is 17.4. The molecule has 2 aromatic carbocycles. The molecule has 0 saturated heterocycles. The number of benzene rings is 2. The van der Waals surface area contributed by atoms with Gasteiger partial charge >= 0.3 is 6.18 Å². The quantitative estimate of drug-likeness (QED) is 0.849. The number of halogens is 4. The number of anilines is 2. The van der Waals surface area contributed by atoms with Crippen LogP contribution in [0.4, 0.5) is 24.5 Å². The second kappa shape index (κ2) is 6.48. The van der Waals surface area contributed by atoms with Crippen molar-refractivity contribution in [1.82, 2.24) is 0 Å². The van der Waals surface area contributed by atoms with Crippen LogP contribution in [0.25, 0.3) is 0 Å². The number of carbonyl (C=O) groups excluding carboxylic acids is 1. The number of carbonyl (C=O) groups is 1. The van der Waals surface area contributed by atoms with Crippen molar-refractivity contribution >= 4 is 28.9 Å². The van der Waals surface area contributed by atoms with Gasteiger partial charge in [-0.1, -0.05) is 17.7 Å². The molecule has 0 saturated carbocycles. The number of fused-ring (bicyclic) bond motifs is 1. The number of alkyl halides is 3. The maximum absolute atomic E-state index is 12.9. The zero-order valence-corrected chi connectivity index (χ0v) is 13.9. The molecule has 0 bridgehead atoms. The first-order valence-corrected chi connectivity index (χ1v) is 7.80. The van der Waals surface area contributed by atoms with Crippen LogP contribution in [-0.4, -0.2) is 26.1 Å². The van der Waals surface area contributed by atoms with Gasteiger partial charge < -0.3 is 15.0 Å². The number of amides is 1. The van der Waals surface area contributed by atoms with E-state index in [-0.39, 0.29) is 5.56 Å². The fourth-order valence-electron chi connectivity index (χ4n) is 2.55. The predicted octanol–water partition coefficient (Wildman–Crippen LogP) is 4.44. The smallest absolute Gasteiger partial charge is 0.417 e. The minimum Gasteiger partial charge on any atom is -0.490 e. The number of ether oxygens (including phenoxy) is 1. The summed E-state index contributed by atoms with van der Waals surface area (Å²) in [6.45, 7) is 1.26. The van der Waals surface area contributed by atoms with Crippen molar-refractivity contribution in [1.29, 1.82) is 0 Å². The normalized spacial score (nSPS) is 13.9. The molecule has 1 aliphatic heterocycles. The highest BCUT2D eigenvalue weighted by Gasteiger charge is 2.34. The van der Waals surface area contributed by atoms with Gasteiger partial charge in [0.1, 0.15) is 12.4 Å². The largest absolute Gasteiger partial charge is 0.490 e. The molecule has 25 heavy (non-hydrogen) atoms. The molecular formula is C17H14ClF3N2O2. The first-order valence-electron chi connectivity index (χ1n) is 7.42. The Labute approximate surface area is 147 Å². The standard InChI is InChI=1S/C17H14ClF3N2O2/c1-23-7-8-25-14-6-5-10(9-13(14)23)22-16(24)11-3-2-4-12(15(11)18)17(19,20)21/h2-6,9H,7-8H2,1H3,(H,22,24). The van der Waals surface area contributed by atoms with Crippen molar-refractivity contribution in [3.63, 3.8) is 0 Å². The summed E-state index contributed by atoms with van der Waals surface area (Å²) in [4.78, 5) is 14.3. The van der Waals surface area contributed by atoms with E-state index >= 15 is 0 Å². The third kappa shape index (κ3) is 3.51. The number of rotatable bonds is 2. The van der Waals surface area contributed by atoms with Crippen LogP contribution in [0.3, 0.4) is 0 Å². The zero-order valence-electron chi connectivity index (χ0n) is 13.2. The van der Waals surface area contributed by atoms with E-state index in [1.807, 2.05) is 11.9 Å². The van der Waals surface area contributed by atoms with Crippen molar-refractivity contribution in [2.24, 2.45) is 0 Å². The predicted molar refractivity (Wildman–Crippen MR) is 89.6 cm³/mol. The van der Waals surface area contributed by atoms with Crippen molar-refractivity contribution in [2.45, 2.75) is 6.18 Å². The number of hydrogen-bond acceptors (Lipinski definition) is 3. The maximum Gasteiger partial charge on any atom is 0.417 e. The highest BCUT2D eigenvalue weighted by molar-refractivity contribution is 6.35.